The number of hydrogen-bond donors (Lipinski definition) is 2. The molecule has 0 saturated carbocycles. The minimum atomic E-state index is -0.515. The molecular weight excluding hydrogens is 387 g/mol. The highest BCUT2D eigenvalue weighted by Crippen LogP contribution is 2.18. The van der Waals surface area contributed by atoms with Crippen LogP contribution in [0.4, 0.5) is 10.1 Å². The lowest BCUT2D eigenvalue weighted by Gasteiger charge is -2.34. The molecule has 3 rings (SSSR count). The Morgan fingerprint density at radius 2 is 1.80 bits per heavy atom. The van der Waals surface area contributed by atoms with Crippen LogP contribution in [0.25, 0.3) is 0 Å². The van der Waals surface area contributed by atoms with Crippen LogP contribution in [0.1, 0.15) is 0 Å². The van der Waals surface area contributed by atoms with Gasteiger partial charge in [0.05, 0.1) is 31.9 Å². The Labute approximate surface area is 155 Å². The number of hydrogen-bond acceptors (Lipinski definition) is 3. The minimum absolute atomic E-state index is 0.172. The lowest BCUT2D eigenvalue weighted by molar-refractivity contribution is -0.903. The Balaban J connectivity index is 1.42. The highest BCUT2D eigenvalue weighted by molar-refractivity contribution is 9.10. The van der Waals surface area contributed by atoms with Crippen molar-refractivity contribution in [1.82, 2.24) is 0 Å². The quantitative estimate of drug-likeness (QED) is 0.762. The van der Waals surface area contributed by atoms with E-state index in [0.29, 0.717) is 12.2 Å². The van der Waals surface area contributed by atoms with Gasteiger partial charge in [0.2, 0.25) is 0 Å². The van der Waals surface area contributed by atoms with Crippen molar-refractivity contribution < 1.29 is 19.1 Å². The lowest BCUT2D eigenvalue weighted by atomic mass is 10.2. The number of halogens is 2. The molecule has 6 heteroatoms. The third-order valence-corrected chi connectivity index (χ3v) is 4.97. The zero-order valence-corrected chi connectivity index (χ0v) is 15.6. The molecule has 134 valence electrons. The van der Waals surface area contributed by atoms with Crippen molar-refractivity contribution in [3.05, 3.63) is 58.8 Å². The fourth-order valence-electron chi connectivity index (χ4n) is 3.09. The normalized spacial score (nSPS) is 16.7. The van der Waals surface area contributed by atoms with Gasteiger partial charge < -0.3 is 19.6 Å². The summed E-state index contributed by atoms with van der Waals surface area (Å²) in [5.74, 6) is 0.579. The monoisotopic (exact) mass is 409 g/mol. The van der Waals surface area contributed by atoms with Gasteiger partial charge in [-0.15, -0.1) is 0 Å². The molecule has 1 saturated heterocycles. The first-order chi connectivity index (χ1) is 12.1. The first kappa shape index (κ1) is 18.2. The molecule has 4 nitrogen and oxygen atoms in total. The summed E-state index contributed by atoms with van der Waals surface area (Å²) >= 11 is 3.38. The summed E-state index contributed by atoms with van der Waals surface area (Å²) in [5, 5.41) is 10.2. The maximum atomic E-state index is 13.9. The molecule has 1 aliphatic heterocycles. The maximum absolute atomic E-state index is 13.9. The Hall–Kier alpha value is -1.63. The van der Waals surface area contributed by atoms with Crippen molar-refractivity contribution >= 4 is 21.6 Å². The predicted octanol–water partition coefficient (Wildman–Crippen LogP) is 1.73. The topological polar surface area (TPSA) is 37.1 Å². The van der Waals surface area contributed by atoms with Gasteiger partial charge in [0.25, 0.3) is 0 Å². The summed E-state index contributed by atoms with van der Waals surface area (Å²) in [6.45, 7) is 4.25. The number of aliphatic hydroxyl groups is 1. The molecule has 2 aromatic rings. The second kappa shape index (κ2) is 8.65. The van der Waals surface area contributed by atoms with Crippen LogP contribution in [0.5, 0.6) is 5.75 Å². The van der Waals surface area contributed by atoms with Gasteiger partial charge in [-0.05, 0) is 36.4 Å². The molecule has 0 aliphatic carbocycles. The second-order valence-corrected chi connectivity index (χ2v) is 7.23. The van der Waals surface area contributed by atoms with E-state index in [2.05, 4.69) is 20.8 Å². The van der Waals surface area contributed by atoms with Gasteiger partial charge in [-0.25, -0.2) is 4.39 Å². The second-order valence-electron chi connectivity index (χ2n) is 6.31. The number of para-hydroxylation sites is 1. The molecule has 25 heavy (non-hydrogen) atoms. The fourth-order valence-corrected chi connectivity index (χ4v) is 3.36. The summed E-state index contributed by atoms with van der Waals surface area (Å²) in [5.41, 5.74) is 0.667. The Kier molecular flexibility index (Phi) is 6.29. The van der Waals surface area contributed by atoms with E-state index in [1.165, 1.54) is 11.0 Å². The number of nitrogens with zero attached hydrogens (tertiary/aromatic N) is 1. The van der Waals surface area contributed by atoms with Crippen molar-refractivity contribution in [2.75, 3.05) is 44.2 Å². The van der Waals surface area contributed by atoms with Crippen molar-refractivity contribution in [1.29, 1.82) is 0 Å². The third kappa shape index (κ3) is 5.17. The lowest BCUT2D eigenvalue weighted by Crippen LogP contribution is -3.16. The standard InChI is InChI=1S/C19H22BrFN2O2/c20-15-5-7-17(8-6-15)25-14-16(24)13-22-9-11-23(12-10-22)19-4-2-1-3-18(19)21/h1-8,16,24H,9-14H2/p+1/t16-/m0/s1. The number of nitrogens with one attached hydrogen (secondary N) is 1. The SMILES string of the molecule is O[C@H](COc1ccc(Br)cc1)C[NH+]1CCN(c2ccccc2F)CC1. The zero-order valence-electron chi connectivity index (χ0n) is 14.0. The number of piperazine rings is 1. The largest absolute Gasteiger partial charge is 0.491 e. The van der Waals surface area contributed by atoms with E-state index in [4.69, 9.17) is 4.74 Å². The fraction of sp³-hybridized carbons (Fsp3) is 0.368. The predicted molar refractivity (Wildman–Crippen MR) is 99.8 cm³/mol. The van der Waals surface area contributed by atoms with Gasteiger partial charge >= 0.3 is 0 Å². The summed E-state index contributed by atoms with van der Waals surface area (Å²) in [6.07, 6.45) is -0.515. The third-order valence-electron chi connectivity index (χ3n) is 4.44. The number of benzene rings is 2. The Morgan fingerprint density at radius 1 is 1.12 bits per heavy atom. The number of anilines is 1. The highest BCUT2D eigenvalue weighted by Gasteiger charge is 2.24. The van der Waals surface area contributed by atoms with E-state index in [-0.39, 0.29) is 12.4 Å². The van der Waals surface area contributed by atoms with E-state index < -0.39 is 6.10 Å². The van der Waals surface area contributed by atoms with Crippen molar-refractivity contribution in [3.8, 4) is 5.75 Å². The van der Waals surface area contributed by atoms with Gasteiger partial charge in [-0.2, -0.15) is 0 Å². The van der Waals surface area contributed by atoms with Crippen LogP contribution in [-0.4, -0.2) is 50.5 Å². The molecule has 1 fully saturated rings. The first-order valence-corrected chi connectivity index (χ1v) is 9.30. The van der Waals surface area contributed by atoms with Crippen molar-refractivity contribution in [2.24, 2.45) is 0 Å². The van der Waals surface area contributed by atoms with E-state index >= 15 is 0 Å². The molecule has 0 bridgehead atoms. The van der Waals surface area contributed by atoms with Gasteiger partial charge in [-0.1, -0.05) is 28.1 Å². The Morgan fingerprint density at radius 3 is 2.48 bits per heavy atom. The van der Waals surface area contributed by atoms with Gasteiger partial charge in [0, 0.05) is 4.47 Å². The maximum Gasteiger partial charge on any atom is 0.146 e. The molecule has 0 amide bonds. The number of ether oxygens (including phenoxy) is 1. The van der Waals surface area contributed by atoms with Gasteiger partial charge in [0.1, 0.15) is 30.8 Å². The highest BCUT2D eigenvalue weighted by atomic mass is 79.9. The summed E-state index contributed by atoms with van der Waals surface area (Å²) in [4.78, 5) is 3.39. The molecule has 1 atom stereocenters. The van der Waals surface area contributed by atoms with E-state index in [1.54, 1.807) is 6.07 Å². The Bertz CT molecular complexity index is 675. The van der Waals surface area contributed by atoms with Crippen LogP contribution >= 0.6 is 15.9 Å². The molecule has 0 spiro atoms. The molecule has 0 aromatic heterocycles. The van der Waals surface area contributed by atoms with Crippen LogP contribution in [-0.2, 0) is 0 Å². The van der Waals surface area contributed by atoms with Crippen LogP contribution in [0, 0.1) is 5.82 Å². The molecule has 1 aliphatic rings. The van der Waals surface area contributed by atoms with Gasteiger partial charge in [0.15, 0.2) is 0 Å². The zero-order chi connectivity index (χ0) is 17.6. The van der Waals surface area contributed by atoms with Gasteiger partial charge in [-0.3, -0.25) is 0 Å². The van der Waals surface area contributed by atoms with Crippen LogP contribution < -0.4 is 14.5 Å². The van der Waals surface area contributed by atoms with E-state index in [1.807, 2.05) is 36.4 Å². The van der Waals surface area contributed by atoms with Crippen molar-refractivity contribution in [2.45, 2.75) is 6.10 Å². The van der Waals surface area contributed by atoms with E-state index in [9.17, 15) is 9.50 Å². The molecule has 1 heterocycles. The smallest absolute Gasteiger partial charge is 0.146 e. The summed E-state index contributed by atoms with van der Waals surface area (Å²) < 4.78 is 20.5. The van der Waals surface area contributed by atoms with Crippen LogP contribution in [0.15, 0.2) is 53.0 Å². The van der Waals surface area contributed by atoms with E-state index in [0.717, 1.165) is 36.4 Å². The average molecular weight is 410 g/mol. The number of rotatable bonds is 6. The molecular formula is C19H23BrFN2O2+. The summed E-state index contributed by atoms with van der Waals surface area (Å²) in [7, 11) is 0. The molecule has 0 radical (unpaired) electrons. The van der Waals surface area contributed by atoms with Crippen molar-refractivity contribution in [3.63, 3.8) is 0 Å². The number of quaternary nitrogens is 1. The average Bonchev–Trinajstić information content (AvgIpc) is 2.62. The van der Waals surface area contributed by atoms with Crippen LogP contribution in [0.2, 0.25) is 0 Å². The molecule has 2 aromatic carbocycles. The molecule has 0 unspecified atom stereocenters. The van der Waals surface area contributed by atoms with Crippen LogP contribution in [0.3, 0.4) is 0 Å². The number of aliphatic hydroxyl groups excluding tert-OH is 1. The first-order valence-electron chi connectivity index (χ1n) is 8.51. The summed E-state index contributed by atoms with van der Waals surface area (Å²) in [6, 6.07) is 14.5. The minimum Gasteiger partial charge on any atom is -0.491 e. The molecule has 2 N–H and O–H groups in total.